The number of nitrogens with one attached hydrogen (secondary N) is 3. The van der Waals surface area contributed by atoms with Crippen LogP contribution in [0.3, 0.4) is 0 Å². The number of nitrogens with two attached hydrogens (primary N) is 1. The molecule has 6 nitrogen and oxygen atoms in total. The zero-order chi connectivity index (χ0) is 30.5. The van der Waals surface area contributed by atoms with Crippen LogP contribution in [-0.2, 0) is 4.79 Å². The van der Waals surface area contributed by atoms with Gasteiger partial charge in [-0.1, -0.05) is 96.1 Å². The number of halogens is 1. The van der Waals surface area contributed by atoms with Crippen LogP contribution in [0.15, 0.2) is 24.3 Å². The molecule has 2 saturated heterocycles. The number of nitrogens with zero attached hydrogens (tertiary/aromatic N) is 1. The molecule has 3 aliphatic carbocycles. The Morgan fingerprint density at radius 1 is 0.909 bits per heavy atom. The van der Waals surface area contributed by atoms with Crippen molar-refractivity contribution in [2.75, 3.05) is 11.9 Å². The molecule has 7 atom stereocenters. The zero-order valence-electron chi connectivity index (χ0n) is 27.4. The van der Waals surface area contributed by atoms with Gasteiger partial charge in [-0.2, -0.15) is 0 Å². The molecule has 0 aromatic heterocycles. The third-order valence-corrected chi connectivity index (χ3v) is 12.5. The van der Waals surface area contributed by atoms with Gasteiger partial charge >= 0.3 is 0 Å². The number of carbonyl (C=O) groups excluding carboxylic acids is 1. The Balaban J connectivity index is 1.16. The summed E-state index contributed by atoms with van der Waals surface area (Å²) in [6.07, 6.45) is 21.3. The molecule has 6 rings (SSSR count). The minimum absolute atomic E-state index is 0.00777. The third kappa shape index (κ3) is 6.91. The fourth-order valence-electron chi connectivity index (χ4n) is 10.2. The molecule has 5 N–H and O–H groups in total. The second-order valence-corrected chi connectivity index (χ2v) is 15.2. The molecule has 0 radical (unpaired) electrons. The highest BCUT2D eigenvalue weighted by Gasteiger charge is 2.60. The number of rotatable bonds is 5. The summed E-state index contributed by atoms with van der Waals surface area (Å²) < 4.78 is 16.2. The topological polar surface area (TPSA) is 82.4 Å². The van der Waals surface area contributed by atoms with E-state index in [1.54, 1.807) is 0 Å². The predicted molar refractivity (Wildman–Crippen MR) is 178 cm³/mol. The molecule has 5 fully saturated rings. The Morgan fingerprint density at radius 3 is 2.23 bits per heavy atom. The van der Waals surface area contributed by atoms with Gasteiger partial charge in [0.15, 0.2) is 0 Å². The van der Waals surface area contributed by atoms with Crippen LogP contribution in [0.2, 0.25) is 0 Å². The summed E-state index contributed by atoms with van der Waals surface area (Å²) in [7, 11) is 0. The molecule has 7 heteroatoms. The number of hydrogen-bond donors (Lipinski definition) is 4. The Hall–Kier alpha value is -1.54. The van der Waals surface area contributed by atoms with E-state index in [1.807, 2.05) is 6.07 Å². The molecule has 44 heavy (non-hydrogen) atoms. The van der Waals surface area contributed by atoms with Crippen molar-refractivity contribution in [1.29, 1.82) is 0 Å². The van der Waals surface area contributed by atoms with Gasteiger partial charge < -0.3 is 16.4 Å². The van der Waals surface area contributed by atoms with Crippen molar-refractivity contribution < 1.29 is 9.18 Å². The highest BCUT2D eigenvalue weighted by molar-refractivity contribution is 5.95. The van der Waals surface area contributed by atoms with Crippen LogP contribution in [0.4, 0.5) is 10.1 Å². The maximum absolute atomic E-state index is 16.2. The van der Waals surface area contributed by atoms with Gasteiger partial charge in [0, 0.05) is 29.7 Å². The standard InChI is InChI=1S/C37H60FN5O/c1-26-21-22-33(38)37(28-16-10-6-5-7-11-17-28)24-31(42-34(26)37)35(44)41-29-18-14-15-27(23-29)32-25-40-36(39)43(32)30-19-12-8-3-2-4-9-13-20-30/h14-15,18,23,26,28,30-34,36,40,42H,2-13,16-17,19-22,24-25,39H2,1H3,(H,41,44). The van der Waals surface area contributed by atoms with Crippen LogP contribution in [0.5, 0.6) is 0 Å². The van der Waals surface area contributed by atoms with E-state index in [9.17, 15) is 4.79 Å². The molecule has 1 amide bonds. The van der Waals surface area contributed by atoms with Gasteiger partial charge in [0.2, 0.25) is 5.91 Å². The molecule has 3 saturated carbocycles. The average molecular weight is 610 g/mol. The first-order valence-corrected chi connectivity index (χ1v) is 18.5. The highest BCUT2D eigenvalue weighted by atomic mass is 19.1. The summed E-state index contributed by atoms with van der Waals surface area (Å²) >= 11 is 0. The average Bonchev–Trinajstić information content (AvgIpc) is 3.61. The van der Waals surface area contributed by atoms with Gasteiger partial charge in [0.1, 0.15) is 12.5 Å². The molecule has 5 aliphatic rings. The first-order chi connectivity index (χ1) is 21.5. The van der Waals surface area contributed by atoms with Crippen molar-refractivity contribution in [2.45, 2.75) is 166 Å². The van der Waals surface area contributed by atoms with Gasteiger partial charge in [-0.3, -0.25) is 15.0 Å². The lowest BCUT2D eigenvalue weighted by molar-refractivity contribution is -0.118. The van der Waals surface area contributed by atoms with E-state index in [0.717, 1.165) is 31.5 Å². The molecule has 1 aromatic rings. The van der Waals surface area contributed by atoms with Gasteiger partial charge in [-0.25, -0.2) is 4.39 Å². The predicted octanol–water partition coefficient (Wildman–Crippen LogP) is 7.55. The maximum Gasteiger partial charge on any atom is 0.241 e. The fraction of sp³-hybridized carbons (Fsp3) is 0.811. The molecule has 0 bridgehead atoms. The lowest BCUT2D eigenvalue weighted by Gasteiger charge is -2.50. The number of hydrogen-bond acceptors (Lipinski definition) is 5. The van der Waals surface area contributed by atoms with Crippen LogP contribution < -0.4 is 21.7 Å². The number of anilines is 1. The van der Waals surface area contributed by atoms with E-state index < -0.39 is 11.6 Å². The Morgan fingerprint density at radius 2 is 1.55 bits per heavy atom. The largest absolute Gasteiger partial charge is 0.325 e. The minimum atomic E-state index is -0.825. The second-order valence-electron chi connectivity index (χ2n) is 15.2. The van der Waals surface area contributed by atoms with Crippen LogP contribution in [-0.4, -0.2) is 47.9 Å². The maximum atomic E-state index is 16.2. The second kappa shape index (κ2) is 14.9. The number of fused-ring (bicyclic) bond motifs is 1. The minimum Gasteiger partial charge on any atom is -0.325 e. The van der Waals surface area contributed by atoms with Crippen molar-refractivity contribution in [3.63, 3.8) is 0 Å². The molecule has 2 aliphatic heterocycles. The van der Waals surface area contributed by atoms with Crippen LogP contribution in [0.1, 0.15) is 141 Å². The normalized spacial score (nSPS) is 37.2. The molecular formula is C37H60FN5O. The molecular weight excluding hydrogens is 549 g/mol. The lowest BCUT2D eigenvalue weighted by atomic mass is 9.56. The molecule has 1 aromatic carbocycles. The van der Waals surface area contributed by atoms with Gasteiger partial charge in [0.25, 0.3) is 0 Å². The van der Waals surface area contributed by atoms with Crippen molar-refractivity contribution >= 4 is 11.6 Å². The number of amides is 1. The monoisotopic (exact) mass is 609 g/mol. The van der Waals surface area contributed by atoms with Crippen molar-refractivity contribution in [2.24, 2.45) is 23.0 Å². The molecule has 2 heterocycles. The van der Waals surface area contributed by atoms with Crippen LogP contribution >= 0.6 is 0 Å². The van der Waals surface area contributed by atoms with E-state index in [2.05, 4.69) is 46.0 Å². The molecule has 0 spiro atoms. The lowest BCUT2D eigenvalue weighted by Crippen LogP contribution is -2.55. The van der Waals surface area contributed by atoms with E-state index in [0.29, 0.717) is 30.7 Å². The number of benzene rings is 1. The van der Waals surface area contributed by atoms with Gasteiger partial charge in [0.05, 0.1) is 12.1 Å². The highest BCUT2D eigenvalue weighted by Crippen LogP contribution is 2.56. The first kappa shape index (κ1) is 32.4. The fourth-order valence-corrected chi connectivity index (χ4v) is 10.2. The van der Waals surface area contributed by atoms with Crippen molar-refractivity contribution in [3.05, 3.63) is 29.8 Å². The van der Waals surface area contributed by atoms with Crippen molar-refractivity contribution in [1.82, 2.24) is 15.5 Å². The molecule has 7 unspecified atom stereocenters. The van der Waals surface area contributed by atoms with Crippen molar-refractivity contribution in [3.8, 4) is 0 Å². The van der Waals surface area contributed by atoms with Gasteiger partial charge in [-0.05, 0) is 74.5 Å². The van der Waals surface area contributed by atoms with E-state index in [-0.39, 0.29) is 30.3 Å². The van der Waals surface area contributed by atoms with E-state index >= 15 is 4.39 Å². The third-order valence-electron chi connectivity index (χ3n) is 12.5. The smallest absolute Gasteiger partial charge is 0.241 e. The summed E-state index contributed by atoms with van der Waals surface area (Å²) in [4.78, 5) is 16.4. The summed E-state index contributed by atoms with van der Waals surface area (Å²) in [5, 5.41) is 10.5. The van der Waals surface area contributed by atoms with Gasteiger partial charge in [-0.15, -0.1) is 0 Å². The summed E-state index contributed by atoms with van der Waals surface area (Å²) in [5.41, 5.74) is 8.30. The Kier molecular flexibility index (Phi) is 11.0. The first-order valence-electron chi connectivity index (χ1n) is 18.5. The Labute approximate surface area is 266 Å². The Bertz CT molecular complexity index is 1070. The summed E-state index contributed by atoms with van der Waals surface area (Å²) in [6.45, 7) is 3.09. The van der Waals surface area contributed by atoms with Crippen LogP contribution in [0, 0.1) is 17.3 Å². The quantitative estimate of drug-likeness (QED) is 0.277. The SMILES string of the molecule is CC1CCC(F)C2(C3CCCCCCC3)CC(C(=O)Nc3cccc(C4CNC(N)N4C4CCCCCCCCC4)c3)NC12. The van der Waals surface area contributed by atoms with E-state index in [4.69, 9.17) is 5.73 Å². The summed E-state index contributed by atoms with van der Waals surface area (Å²) in [5.74, 6) is 0.749. The zero-order valence-corrected chi connectivity index (χ0v) is 27.4. The van der Waals surface area contributed by atoms with Crippen LogP contribution in [0.25, 0.3) is 0 Å². The summed E-state index contributed by atoms with van der Waals surface area (Å²) in [6, 6.07) is 8.81. The molecule has 246 valence electrons. The number of alkyl halides is 1. The van der Waals surface area contributed by atoms with E-state index in [1.165, 1.54) is 95.5 Å². The number of carbonyl (C=O) groups is 1.